The molecule has 0 aromatic rings. The van der Waals surface area contributed by atoms with Crippen molar-refractivity contribution in [3.8, 4) is 0 Å². The Bertz CT molecular complexity index is 960. The van der Waals surface area contributed by atoms with Gasteiger partial charge in [0.25, 0.3) is 11.8 Å². The fourth-order valence-electron chi connectivity index (χ4n) is 4.18. The maximum absolute atomic E-state index is 13.1. The van der Waals surface area contributed by atoms with Crippen molar-refractivity contribution >= 4 is 80.2 Å². The molecule has 12 nitrogen and oxygen atoms in total. The summed E-state index contributed by atoms with van der Waals surface area (Å²) in [7, 11) is 4.07. The van der Waals surface area contributed by atoms with Crippen molar-refractivity contribution in [2.24, 2.45) is 0 Å². The van der Waals surface area contributed by atoms with Crippen LogP contribution in [-0.4, -0.2) is 141 Å². The van der Waals surface area contributed by atoms with Gasteiger partial charge in [-0.3, -0.25) is 39.8 Å². The molecule has 0 bridgehead atoms. The third kappa shape index (κ3) is 7.29. The van der Waals surface area contributed by atoms with Crippen LogP contribution in [-0.2, 0) is 19.2 Å². The number of hydrogen-bond donors (Lipinski definition) is 2. The Hall–Kier alpha value is -1.66. The molecule has 4 saturated heterocycles. The van der Waals surface area contributed by atoms with Gasteiger partial charge >= 0.3 is 0 Å². The molecule has 4 amide bonds. The minimum Gasteiger partial charge on any atom is -0.304 e. The van der Waals surface area contributed by atoms with Gasteiger partial charge in [-0.25, -0.2) is 10.0 Å². The Morgan fingerprint density at radius 1 is 0.684 bits per heavy atom. The predicted molar refractivity (Wildman–Crippen MR) is 154 cm³/mol. The van der Waals surface area contributed by atoms with Gasteiger partial charge in [-0.1, -0.05) is 48.0 Å². The number of piperazine rings is 2. The Kier molecular flexibility index (Phi) is 10.1. The van der Waals surface area contributed by atoms with Gasteiger partial charge in [0.2, 0.25) is 11.8 Å². The first-order valence-corrected chi connectivity index (χ1v) is 14.8. The van der Waals surface area contributed by atoms with E-state index in [2.05, 4.69) is 20.7 Å². The van der Waals surface area contributed by atoms with Crippen molar-refractivity contribution in [1.29, 1.82) is 0 Å². The van der Waals surface area contributed by atoms with E-state index in [-0.39, 0.29) is 47.6 Å². The largest absolute Gasteiger partial charge is 0.304 e. The number of hydrazine groups is 2. The van der Waals surface area contributed by atoms with Gasteiger partial charge in [-0.2, -0.15) is 0 Å². The van der Waals surface area contributed by atoms with Crippen molar-refractivity contribution in [2.75, 3.05) is 79.5 Å². The SMILES string of the molecule is CN1CCN(NC(=O)CCN2C(=O)/C(=C3\SC(=S)N(CCC(=O)NN4CCN(C)CC4)C3=O)SC2=S)CC1. The molecule has 2 N–H and O–H groups in total. The average molecular weight is 601 g/mol. The van der Waals surface area contributed by atoms with Crippen LogP contribution in [0.1, 0.15) is 12.8 Å². The topological polar surface area (TPSA) is 112 Å². The lowest BCUT2D eigenvalue weighted by Crippen LogP contribution is -2.52. The number of rotatable bonds is 8. The molecule has 16 heteroatoms. The molecule has 38 heavy (non-hydrogen) atoms. The van der Waals surface area contributed by atoms with Crippen LogP contribution in [0.15, 0.2) is 9.81 Å². The zero-order valence-electron chi connectivity index (χ0n) is 21.4. The van der Waals surface area contributed by atoms with E-state index in [1.54, 1.807) is 0 Å². The van der Waals surface area contributed by atoms with Crippen LogP contribution in [0.2, 0.25) is 0 Å². The quantitative estimate of drug-likeness (QED) is 0.270. The van der Waals surface area contributed by atoms with Crippen LogP contribution in [0.5, 0.6) is 0 Å². The van der Waals surface area contributed by atoms with Crippen LogP contribution in [0.3, 0.4) is 0 Å². The molecular weight excluding hydrogens is 569 g/mol. The Morgan fingerprint density at radius 2 is 1.03 bits per heavy atom. The summed E-state index contributed by atoms with van der Waals surface area (Å²) in [5.41, 5.74) is 5.75. The zero-order chi connectivity index (χ0) is 27.4. The number of likely N-dealkylation sites (N-methyl/N-ethyl adjacent to an activating group) is 2. The third-order valence-corrected chi connectivity index (χ3v) is 9.63. The molecule has 0 atom stereocenters. The number of carbonyl (C=O) groups excluding carboxylic acids is 4. The van der Waals surface area contributed by atoms with Crippen molar-refractivity contribution in [2.45, 2.75) is 12.8 Å². The molecular formula is C22H32N8O4S4. The van der Waals surface area contributed by atoms with E-state index in [0.29, 0.717) is 8.64 Å². The van der Waals surface area contributed by atoms with Crippen LogP contribution in [0.25, 0.3) is 0 Å². The standard InChI is InChI=1S/C22H32N8O4S4/c1-25-7-11-27(12-8-25)23-15(31)3-5-29-19(33)17(37-21(29)35)18-20(34)30(22(36)38-18)6-4-16(32)24-28-13-9-26(2)10-14-28/h3-14H2,1-2H3,(H,23,31)(H,24,32)/b18-17+. The molecule has 4 aliphatic rings. The number of thioether (sulfide) groups is 2. The van der Waals surface area contributed by atoms with Crippen molar-refractivity contribution in [3.05, 3.63) is 9.81 Å². The summed E-state index contributed by atoms with van der Waals surface area (Å²) in [5.74, 6) is -1.18. The minimum absolute atomic E-state index is 0.0927. The molecule has 208 valence electrons. The second-order valence-corrected chi connectivity index (χ2v) is 12.7. The van der Waals surface area contributed by atoms with Gasteiger partial charge in [0.05, 0.1) is 9.81 Å². The first-order chi connectivity index (χ1) is 18.1. The number of carbonyl (C=O) groups is 4. The average Bonchev–Trinajstić information content (AvgIpc) is 3.32. The number of thiocarbonyl (C=S) groups is 2. The van der Waals surface area contributed by atoms with E-state index < -0.39 is 11.8 Å². The second kappa shape index (κ2) is 13.1. The van der Waals surface area contributed by atoms with Crippen LogP contribution in [0.4, 0.5) is 0 Å². The molecule has 0 saturated carbocycles. The van der Waals surface area contributed by atoms with E-state index in [9.17, 15) is 19.2 Å². The van der Waals surface area contributed by atoms with Gasteiger partial charge < -0.3 is 9.80 Å². The monoisotopic (exact) mass is 600 g/mol. The van der Waals surface area contributed by atoms with Gasteiger partial charge in [0, 0.05) is 78.3 Å². The van der Waals surface area contributed by atoms with E-state index >= 15 is 0 Å². The maximum atomic E-state index is 13.1. The highest BCUT2D eigenvalue weighted by Gasteiger charge is 2.42. The van der Waals surface area contributed by atoms with E-state index in [1.807, 2.05) is 24.1 Å². The lowest BCUT2D eigenvalue weighted by Gasteiger charge is -2.32. The maximum Gasteiger partial charge on any atom is 0.267 e. The summed E-state index contributed by atoms with van der Waals surface area (Å²) < 4.78 is 0.600. The second-order valence-electron chi connectivity index (χ2n) is 9.46. The molecule has 4 heterocycles. The summed E-state index contributed by atoms with van der Waals surface area (Å²) in [6, 6.07) is 0. The molecule has 0 unspecified atom stereocenters. The fourth-order valence-corrected chi connectivity index (χ4v) is 6.95. The summed E-state index contributed by atoms with van der Waals surface area (Å²) in [5, 5.41) is 3.76. The lowest BCUT2D eigenvalue weighted by molar-refractivity contribution is -0.129. The molecule has 0 spiro atoms. The molecule has 0 radical (unpaired) electrons. The Labute approximate surface area is 241 Å². The highest BCUT2D eigenvalue weighted by molar-refractivity contribution is 8.29. The minimum atomic E-state index is -0.402. The summed E-state index contributed by atoms with van der Waals surface area (Å²) in [6.07, 6.45) is 0.185. The van der Waals surface area contributed by atoms with Gasteiger partial charge in [0.15, 0.2) is 0 Å². The van der Waals surface area contributed by atoms with E-state index in [4.69, 9.17) is 24.4 Å². The number of amides is 4. The molecule has 0 aromatic carbocycles. The number of hydrogen-bond acceptors (Lipinski definition) is 12. The molecule has 4 rings (SSSR count). The number of nitrogens with zero attached hydrogens (tertiary/aromatic N) is 6. The summed E-state index contributed by atoms with van der Waals surface area (Å²) in [4.78, 5) is 58.6. The Morgan fingerprint density at radius 3 is 1.37 bits per heavy atom. The molecule has 0 aromatic heterocycles. The Balaban J connectivity index is 1.28. The van der Waals surface area contributed by atoms with Gasteiger partial charge in [0.1, 0.15) is 8.64 Å². The third-order valence-electron chi connectivity index (χ3n) is 6.60. The van der Waals surface area contributed by atoms with Crippen molar-refractivity contribution < 1.29 is 19.2 Å². The van der Waals surface area contributed by atoms with Crippen LogP contribution in [0, 0.1) is 0 Å². The van der Waals surface area contributed by atoms with E-state index in [1.165, 1.54) is 9.80 Å². The highest BCUT2D eigenvalue weighted by atomic mass is 32.2. The smallest absolute Gasteiger partial charge is 0.267 e. The van der Waals surface area contributed by atoms with Crippen molar-refractivity contribution in [3.63, 3.8) is 0 Å². The lowest BCUT2D eigenvalue weighted by atomic mass is 10.3. The summed E-state index contributed by atoms with van der Waals surface area (Å²) >= 11 is 12.9. The summed E-state index contributed by atoms with van der Waals surface area (Å²) in [6.45, 7) is 6.68. The number of nitrogens with one attached hydrogen (secondary N) is 2. The van der Waals surface area contributed by atoms with Crippen LogP contribution < -0.4 is 10.9 Å². The normalized spacial score (nSPS) is 24.6. The fraction of sp³-hybridized carbons (Fsp3) is 0.636. The molecule has 0 aliphatic carbocycles. The zero-order valence-corrected chi connectivity index (χ0v) is 24.7. The van der Waals surface area contributed by atoms with Crippen molar-refractivity contribution in [1.82, 2.24) is 40.5 Å². The first-order valence-electron chi connectivity index (χ1n) is 12.4. The van der Waals surface area contributed by atoms with E-state index in [0.717, 1.165) is 75.9 Å². The molecule has 4 aliphatic heterocycles. The first kappa shape index (κ1) is 29.3. The van der Waals surface area contributed by atoms with Gasteiger partial charge in [-0.15, -0.1) is 0 Å². The van der Waals surface area contributed by atoms with Gasteiger partial charge in [-0.05, 0) is 14.1 Å². The molecule has 4 fully saturated rings. The predicted octanol–water partition coefficient (Wildman–Crippen LogP) is -0.744. The highest BCUT2D eigenvalue weighted by Crippen LogP contribution is 2.42. The van der Waals surface area contributed by atoms with Crippen LogP contribution >= 0.6 is 48.0 Å².